The second-order valence-electron chi connectivity index (χ2n) is 7.66. The zero-order valence-corrected chi connectivity index (χ0v) is 19.3. The van der Waals surface area contributed by atoms with Gasteiger partial charge in [0, 0.05) is 27.5 Å². The number of aliphatic hydroxyl groups excluding tert-OH is 2. The minimum atomic E-state index is -4.00. The number of aromatic nitrogens is 1. The SMILES string of the molecule is O=S(=O)(Nc1cc2ocnc2c(F)c1Cc1ccc(Br)cc1Cl)C1(CC(O)CO)CC1. The summed E-state index contributed by atoms with van der Waals surface area (Å²) in [6, 6.07) is 6.54. The predicted molar refractivity (Wildman–Crippen MR) is 118 cm³/mol. The summed E-state index contributed by atoms with van der Waals surface area (Å²) in [6.45, 7) is -0.538. The van der Waals surface area contributed by atoms with Crippen molar-refractivity contribution in [1.82, 2.24) is 4.98 Å². The first kappa shape index (κ1) is 22.5. The fourth-order valence-corrected chi connectivity index (χ4v) is 6.07. The summed E-state index contributed by atoms with van der Waals surface area (Å²) in [7, 11) is -4.00. The van der Waals surface area contributed by atoms with Crippen molar-refractivity contribution in [1.29, 1.82) is 0 Å². The molecule has 0 spiro atoms. The van der Waals surface area contributed by atoms with E-state index in [-0.39, 0.29) is 35.2 Å². The lowest BCUT2D eigenvalue weighted by molar-refractivity contribution is 0.0858. The molecule has 4 rings (SSSR count). The summed E-state index contributed by atoms with van der Waals surface area (Å²) < 4.78 is 48.8. The van der Waals surface area contributed by atoms with Gasteiger partial charge >= 0.3 is 0 Å². The monoisotopic (exact) mass is 532 g/mol. The highest BCUT2D eigenvalue weighted by Gasteiger charge is 2.55. The van der Waals surface area contributed by atoms with E-state index >= 15 is 4.39 Å². The molecule has 31 heavy (non-hydrogen) atoms. The van der Waals surface area contributed by atoms with Gasteiger partial charge in [0.25, 0.3) is 0 Å². The molecule has 0 bridgehead atoms. The van der Waals surface area contributed by atoms with E-state index < -0.39 is 33.3 Å². The number of hydrogen-bond donors (Lipinski definition) is 3. The van der Waals surface area contributed by atoms with Gasteiger partial charge in [-0.2, -0.15) is 0 Å². The van der Waals surface area contributed by atoms with Crippen LogP contribution >= 0.6 is 27.5 Å². The van der Waals surface area contributed by atoms with Gasteiger partial charge in [0.2, 0.25) is 10.0 Å². The Labute approximate surface area is 191 Å². The van der Waals surface area contributed by atoms with Gasteiger partial charge in [-0.3, -0.25) is 4.72 Å². The molecular weight excluding hydrogens is 515 g/mol. The molecule has 1 fully saturated rings. The van der Waals surface area contributed by atoms with E-state index in [0.717, 1.165) is 10.9 Å². The van der Waals surface area contributed by atoms with E-state index in [0.29, 0.717) is 23.4 Å². The Kier molecular flexibility index (Phi) is 6.04. The van der Waals surface area contributed by atoms with Crippen LogP contribution in [-0.4, -0.2) is 41.1 Å². The molecule has 0 saturated heterocycles. The number of hydrogen-bond acceptors (Lipinski definition) is 6. The highest BCUT2D eigenvalue weighted by molar-refractivity contribution is 9.10. The third kappa shape index (κ3) is 4.31. The largest absolute Gasteiger partial charge is 0.443 e. The van der Waals surface area contributed by atoms with Crippen LogP contribution in [0, 0.1) is 5.82 Å². The standard InChI is InChI=1S/C20H19BrClFN2O5S/c21-12-2-1-11(15(22)6-12)5-14-16(7-17-19(18(14)23)24-10-30-17)25-31(28,29)20(3-4-20)8-13(27)9-26/h1-2,6-7,10,13,25-27H,3-5,8-9H2. The van der Waals surface area contributed by atoms with Crippen LogP contribution in [0.25, 0.3) is 11.1 Å². The van der Waals surface area contributed by atoms with E-state index in [1.165, 1.54) is 6.07 Å². The molecule has 7 nitrogen and oxygen atoms in total. The molecule has 1 unspecified atom stereocenters. The van der Waals surface area contributed by atoms with Crippen molar-refractivity contribution in [3.8, 4) is 0 Å². The summed E-state index contributed by atoms with van der Waals surface area (Å²) in [5.41, 5.74) is 0.784. The molecule has 11 heteroatoms. The van der Waals surface area contributed by atoms with Crippen LogP contribution in [0.2, 0.25) is 5.02 Å². The fraction of sp³-hybridized carbons (Fsp3) is 0.350. The molecule has 1 atom stereocenters. The Morgan fingerprint density at radius 1 is 1.35 bits per heavy atom. The summed E-state index contributed by atoms with van der Waals surface area (Å²) in [4.78, 5) is 3.89. The molecule has 1 aromatic heterocycles. The van der Waals surface area contributed by atoms with Crippen molar-refractivity contribution < 1.29 is 27.4 Å². The van der Waals surface area contributed by atoms with Gasteiger partial charge in [0.15, 0.2) is 17.8 Å². The normalized spacial score (nSPS) is 16.4. The molecular formula is C20H19BrClFN2O5S. The van der Waals surface area contributed by atoms with Crippen LogP contribution in [0.5, 0.6) is 0 Å². The highest BCUT2D eigenvalue weighted by atomic mass is 79.9. The molecule has 0 radical (unpaired) electrons. The van der Waals surface area contributed by atoms with E-state index in [1.807, 2.05) is 0 Å². The first-order chi connectivity index (χ1) is 14.7. The Bertz CT molecular complexity index is 1250. The first-order valence-corrected chi connectivity index (χ1v) is 12.1. The average Bonchev–Trinajstić information content (AvgIpc) is 3.35. The van der Waals surface area contributed by atoms with Crippen molar-refractivity contribution in [3.05, 3.63) is 57.1 Å². The number of benzene rings is 2. The second-order valence-corrected chi connectivity index (χ2v) is 11.1. The Balaban J connectivity index is 1.76. The molecule has 1 aliphatic carbocycles. The third-order valence-electron chi connectivity index (χ3n) is 5.49. The Morgan fingerprint density at radius 3 is 2.74 bits per heavy atom. The topological polar surface area (TPSA) is 113 Å². The number of halogens is 3. The smallest absolute Gasteiger partial charge is 0.238 e. The van der Waals surface area contributed by atoms with Crippen LogP contribution in [0.3, 0.4) is 0 Å². The third-order valence-corrected chi connectivity index (χ3v) is 8.54. The number of sulfonamides is 1. The van der Waals surface area contributed by atoms with Gasteiger partial charge < -0.3 is 14.6 Å². The fourth-order valence-electron chi connectivity index (χ4n) is 3.59. The number of aliphatic hydroxyl groups is 2. The maximum atomic E-state index is 15.3. The van der Waals surface area contributed by atoms with Crippen molar-refractivity contribution in [2.24, 2.45) is 0 Å². The number of oxazole rings is 1. The highest BCUT2D eigenvalue weighted by Crippen LogP contribution is 2.48. The van der Waals surface area contributed by atoms with Gasteiger partial charge in [-0.05, 0) is 37.0 Å². The van der Waals surface area contributed by atoms with Crippen molar-refractivity contribution >= 4 is 54.3 Å². The molecule has 1 aliphatic rings. The van der Waals surface area contributed by atoms with Crippen LogP contribution in [0.15, 0.2) is 39.5 Å². The minimum absolute atomic E-state index is 0.0111. The average molecular weight is 534 g/mol. The summed E-state index contributed by atoms with van der Waals surface area (Å²) in [5.74, 6) is -0.705. The zero-order chi connectivity index (χ0) is 22.4. The molecule has 2 aromatic carbocycles. The predicted octanol–water partition coefficient (Wildman–Crippen LogP) is 3.99. The molecule has 1 heterocycles. The molecule has 166 valence electrons. The number of anilines is 1. The van der Waals surface area contributed by atoms with Crippen molar-refractivity contribution in [2.75, 3.05) is 11.3 Å². The van der Waals surface area contributed by atoms with Crippen LogP contribution in [0.1, 0.15) is 30.4 Å². The number of nitrogens with one attached hydrogen (secondary N) is 1. The summed E-state index contributed by atoms with van der Waals surface area (Å²) >= 11 is 9.61. The van der Waals surface area contributed by atoms with Gasteiger partial charge in [0.1, 0.15) is 5.52 Å². The van der Waals surface area contributed by atoms with Gasteiger partial charge in [0.05, 0.1) is 23.1 Å². The zero-order valence-electron chi connectivity index (χ0n) is 16.1. The van der Waals surface area contributed by atoms with Crippen molar-refractivity contribution in [3.63, 3.8) is 0 Å². The maximum Gasteiger partial charge on any atom is 0.238 e. The maximum absolute atomic E-state index is 15.3. The number of fused-ring (bicyclic) bond motifs is 1. The number of nitrogens with zero attached hydrogens (tertiary/aromatic N) is 1. The molecule has 3 N–H and O–H groups in total. The van der Waals surface area contributed by atoms with Crippen molar-refractivity contribution in [2.45, 2.75) is 36.5 Å². The Morgan fingerprint density at radius 2 is 2.10 bits per heavy atom. The van der Waals surface area contributed by atoms with Crippen LogP contribution < -0.4 is 4.72 Å². The van der Waals surface area contributed by atoms with Crippen LogP contribution in [-0.2, 0) is 16.4 Å². The quantitative estimate of drug-likeness (QED) is 0.404. The van der Waals surface area contributed by atoms with Gasteiger partial charge in [-0.25, -0.2) is 17.8 Å². The molecule has 0 aliphatic heterocycles. The van der Waals surface area contributed by atoms with Gasteiger partial charge in [-0.1, -0.05) is 33.6 Å². The van der Waals surface area contributed by atoms with E-state index in [9.17, 15) is 13.5 Å². The minimum Gasteiger partial charge on any atom is -0.443 e. The summed E-state index contributed by atoms with van der Waals surface area (Å²) in [6.07, 6.45) is 0.502. The molecule has 1 saturated carbocycles. The van der Waals surface area contributed by atoms with E-state index in [4.69, 9.17) is 21.1 Å². The van der Waals surface area contributed by atoms with Gasteiger partial charge in [-0.15, -0.1) is 0 Å². The lowest BCUT2D eigenvalue weighted by Crippen LogP contribution is -2.34. The Hall–Kier alpha value is -1.72. The lowest BCUT2D eigenvalue weighted by Gasteiger charge is -2.21. The molecule has 0 amide bonds. The first-order valence-electron chi connectivity index (χ1n) is 9.45. The van der Waals surface area contributed by atoms with E-state index in [2.05, 4.69) is 25.6 Å². The van der Waals surface area contributed by atoms with Crippen LogP contribution in [0.4, 0.5) is 10.1 Å². The second kappa shape index (κ2) is 8.32. The molecule has 3 aromatic rings. The van der Waals surface area contributed by atoms with E-state index in [1.54, 1.807) is 18.2 Å². The number of rotatable bonds is 8. The lowest BCUT2D eigenvalue weighted by atomic mass is 10.0. The summed E-state index contributed by atoms with van der Waals surface area (Å²) in [5, 5.41) is 19.3.